The summed E-state index contributed by atoms with van der Waals surface area (Å²) in [4.78, 5) is 11.7. The van der Waals surface area contributed by atoms with E-state index in [9.17, 15) is 9.18 Å². The van der Waals surface area contributed by atoms with Gasteiger partial charge in [0.05, 0.1) is 6.04 Å². The van der Waals surface area contributed by atoms with Crippen LogP contribution in [0.25, 0.3) is 0 Å². The van der Waals surface area contributed by atoms with Crippen molar-refractivity contribution in [3.63, 3.8) is 0 Å². The lowest BCUT2D eigenvalue weighted by Gasteiger charge is -2.15. The number of halogens is 2. The molecule has 1 rings (SSSR count). The Balaban J connectivity index is 2.44. The normalized spacial score (nSPS) is 12.5. The number of nitrogens with one attached hydrogen (secondary N) is 2. The predicted molar refractivity (Wildman–Crippen MR) is 75.6 cm³/mol. The molecule has 19 heavy (non-hydrogen) atoms. The van der Waals surface area contributed by atoms with Crippen LogP contribution < -0.4 is 10.6 Å². The van der Waals surface area contributed by atoms with Gasteiger partial charge in [0.1, 0.15) is 5.82 Å². The Morgan fingerprint density at radius 3 is 2.58 bits per heavy atom. The molecule has 0 aliphatic heterocycles. The smallest absolute Gasteiger partial charge is 0.236 e. The van der Waals surface area contributed by atoms with Crippen molar-refractivity contribution in [2.45, 2.75) is 33.4 Å². The Kier molecular flexibility index (Phi) is 6.25. The maximum Gasteiger partial charge on any atom is 0.236 e. The van der Waals surface area contributed by atoms with Crippen molar-refractivity contribution in [1.82, 2.24) is 10.6 Å². The highest BCUT2D eigenvalue weighted by Gasteiger charge is 2.12. The summed E-state index contributed by atoms with van der Waals surface area (Å²) < 4.78 is 13.1. The first kappa shape index (κ1) is 15.9. The number of benzene rings is 1. The van der Waals surface area contributed by atoms with Gasteiger partial charge in [-0.25, -0.2) is 4.39 Å². The largest absolute Gasteiger partial charge is 0.354 e. The summed E-state index contributed by atoms with van der Waals surface area (Å²) in [6, 6.07) is 4.00. The number of carbonyl (C=O) groups is 1. The van der Waals surface area contributed by atoms with E-state index in [1.165, 1.54) is 12.1 Å². The summed E-state index contributed by atoms with van der Waals surface area (Å²) in [5.74, 6) is -0.0180. The van der Waals surface area contributed by atoms with Gasteiger partial charge >= 0.3 is 0 Å². The summed E-state index contributed by atoms with van der Waals surface area (Å²) in [6.45, 7) is 6.89. The van der Waals surface area contributed by atoms with Crippen molar-refractivity contribution in [1.29, 1.82) is 0 Å². The number of rotatable bonds is 6. The lowest BCUT2D eigenvalue weighted by Crippen LogP contribution is -2.42. The Labute approximate surface area is 118 Å². The highest BCUT2D eigenvalue weighted by molar-refractivity contribution is 6.30. The van der Waals surface area contributed by atoms with Crippen LogP contribution in [-0.2, 0) is 11.3 Å². The maximum absolute atomic E-state index is 13.1. The van der Waals surface area contributed by atoms with Gasteiger partial charge in [-0.05, 0) is 36.6 Å². The van der Waals surface area contributed by atoms with Gasteiger partial charge in [0.25, 0.3) is 0 Å². The zero-order valence-electron chi connectivity index (χ0n) is 11.5. The van der Waals surface area contributed by atoms with E-state index in [-0.39, 0.29) is 17.8 Å². The van der Waals surface area contributed by atoms with Gasteiger partial charge in [0, 0.05) is 18.1 Å². The highest BCUT2D eigenvalue weighted by atomic mass is 35.5. The Morgan fingerprint density at radius 2 is 2.00 bits per heavy atom. The molecule has 1 atom stereocenters. The lowest BCUT2D eigenvalue weighted by molar-refractivity contribution is -0.122. The van der Waals surface area contributed by atoms with E-state index in [0.29, 0.717) is 29.6 Å². The molecule has 0 aliphatic carbocycles. The molecule has 0 saturated carbocycles. The van der Waals surface area contributed by atoms with E-state index in [4.69, 9.17) is 11.6 Å². The molecule has 2 N–H and O–H groups in total. The molecule has 0 spiro atoms. The van der Waals surface area contributed by atoms with Crippen LogP contribution in [0.1, 0.15) is 26.3 Å². The van der Waals surface area contributed by atoms with E-state index in [0.717, 1.165) is 0 Å². The van der Waals surface area contributed by atoms with Crippen LogP contribution in [0.3, 0.4) is 0 Å². The average Bonchev–Trinajstić information content (AvgIpc) is 2.31. The second-order valence-corrected chi connectivity index (χ2v) is 5.46. The zero-order valence-corrected chi connectivity index (χ0v) is 12.2. The van der Waals surface area contributed by atoms with Gasteiger partial charge in [0.2, 0.25) is 5.91 Å². The van der Waals surface area contributed by atoms with Crippen molar-refractivity contribution in [3.05, 3.63) is 34.6 Å². The molecule has 3 nitrogen and oxygen atoms in total. The second-order valence-electron chi connectivity index (χ2n) is 5.02. The molecule has 1 unspecified atom stereocenters. The van der Waals surface area contributed by atoms with E-state index in [1.54, 1.807) is 13.0 Å². The first-order valence-corrected chi connectivity index (χ1v) is 6.72. The SMILES string of the molecule is CC(C)CNC(=O)C(C)NCc1cc(F)cc(Cl)c1. The second kappa shape index (κ2) is 7.46. The van der Waals surface area contributed by atoms with E-state index < -0.39 is 0 Å². The van der Waals surface area contributed by atoms with Crippen LogP contribution >= 0.6 is 11.6 Å². The molecule has 0 bridgehead atoms. The molecule has 106 valence electrons. The number of hydrogen-bond donors (Lipinski definition) is 2. The molecular formula is C14H20ClFN2O. The lowest BCUT2D eigenvalue weighted by atomic mass is 10.2. The predicted octanol–water partition coefficient (Wildman–Crippen LogP) is 2.73. The summed E-state index contributed by atoms with van der Waals surface area (Å²) in [7, 11) is 0. The van der Waals surface area contributed by atoms with E-state index >= 15 is 0 Å². The van der Waals surface area contributed by atoms with Crippen molar-refractivity contribution in [2.24, 2.45) is 5.92 Å². The number of amides is 1. The summed E-state index contributed by atoms with van der Waals surface area (Å²) in [6.07, 6.45) is 0. The first-order valence-electron chi connectivity index (χ1n) is 6.34. The zero-order chi connectivity index (χ0) is 14.4. The Morgan fingerprint density at radius 1 is 1.32 bits per heavy atom. The fourth-order valence-corrected chi connectivity index (χ4v) is 1.78. The monoisotopic (exact) mass is 286 g/mol. The summed E-state index contributed by atoms with van der Waals surface area (Å²) in [5, 5.41) is 6.23. The van der Waals surface area contributed by atoms with Gasteiger partial charge in [-0.3, -0.25) is 4.79 Å². The van der Waals surface area contributed by atoms with Crippen molar-refractivity contribution >= 4 is 17.5 Å². The van der Waals surface area contributed by atoms with Gasteiger partial charge in [-0.15, -0.1) is 0 Å². The topological polar surface area (TPSA) is 41.1 Å². The molecular weight excluding hydrogens is 267 g/mol. The number of hydrogen-bond acceptors (Lipinski definition) is 2. The molecule has 0 heterocycles. The fourth-order valence-electron chi connectivity index (χ4n) is 1.53. The van der Waals surface area contributed by atoms with Crippen LogP contribution in [0.2, 0.25) is 5.02 Å². The molecule has 0 aliphatic rings. The number of carbonyl (C=O) groups excluding carboxylic acids is 1. The van der Waals surface area contributed by atoms with Crippen molar-refractivity contribution in [2.75, 3.05) is 6.54 Å². The van der Waals surface area contributed by atoms with E-state index in [2.05, 4.69) is 10.6 Å². The summed E-state index contributed by atoms with van der Waals surface area (Å²) in [5.41, 5.74) is 0.716. The quantitative estimate of drug-likeness (QED) is 0.844. The van der Waals surface area contributed by atoms with Gasteiger partial charge in [-0.2, -0.15) is 0 Å². The minimum atomic E-state index is -0.374. The van der Waals surface area contributed by atoms with Crippen LogP contribution in [0.4, 0.5) is 4.39 Å². The Bertz CT molecular complexity index is 417. The highest BCUT2D eigenvalue weighted by Crippen LogP contribution is 2.13. The van der Waals surface area contributed by atoms with Crippen LogP contribution in [0.5, 0.6) is 0 Å². The van der Waals surface area contributed by atoms with Crippen molar-refractivity contribution in [3.8, 4) is 0 Å². The Hall–Kier alpha value is -1.13. The minimum Gasteiger partial charge on any atom is -0.354 e. The van der Waals surface area contributed by atoms with Crippen LogP contribution in [-0.4, -0.2) is 18.5 Å². The van der Waals surface area contributed by atoms with Gasteiger partial charge in [-0.1, -0.05) is 25.4 Å². The third-order valence-corrected chi connectivity index (χ3v) is 2.83. The van der Waals surface area contributed by atoms with Crippen molar-refractivity contribution < 1.29 is 9.18 Å². The van der Waals surface area contributed by atoms with Gasteiger partial charge in [0.15, 0.2) is 0 Å². The molecule has 0 radical (unpaired) electrons. The third-order valence-electron chi connectivity index (χ3n) is 2.61. The average molecular weight is 287 g/mol. The summed E-state index contributed by atoms with van der Waals surface area (Å²) >= 11 is 5.77. The van der Waals surface area contributed by atoms with Crippen LogP contribution in [0.15, 0.2) is 18.2 Å². The first-order chi connectivity index (χ1) is 8.88. The third kappa shape index (κ3) is 6.03. The molecule has 1 amide bonds. The molecule has 0 aromatic heterocycles. The maximum atomic E-state index is 13.1. The molecule has 0 saturated heterocycles. The minimum absolute atomic E-state index is 0.0591. The molecule has 5 heteroatoms. The molecule has 0 fully saturated rings. The van der Waals surface area contributed by atoms with Gasteiger partial charge < -0.3 is 10.6 Å². The molecule has 1 aromatic carbocycles. The molecule has 1 aromatic rings. The van der Waals surface area contributed by atoms with E-state index in [1.807, 2.05) is 13.8 Å². The standard InChI is InChI=1S/C14H20ClFN2O/c1-9(2)7-18-14(19)10(3)17-8-11-4-12(15)6-13(16)5-11/h4-6,9-10,17H,7-8H2,1-3H3,(H,18,19). The van der Waals surface area contributed by atoms with Crippen LogP contribution in [0, 0.1) is 11.7 Å². The fraction of sp³-hybridized carbons (Fsp3) is 0.500.